The van der Waals surface area contributed by atoms with Gasteiger partial charge in [0.2, 0.25) is 0 Å². The molecule has 2 aromatic rings. The highest BCUT2D eigenvalue weighted by molar-refractivity contribution is 7.07. The molecule has 0 radical (unpaired) electrons. The summed E-state index contributed by atoms with van der Waals surface area (Å²) in [4.78, 5) is 23.0. The Labute approximate surface area is 101 Å². The van der Waals surface area contributed by atoms with E-state index in [0.717, 1.165) is 11.3 Å². The molecule has 0 N–H and O–H groups in total. The van der Waals surface area contributed by atoms with Gasteiger partial charge in [-0.25, -0.2) is 0 Å². The number of aromatic nitrogens is 1. The predicted octanol–water partition coefficient (Wildman–Crippen LogP) is 2.45. The van der Waals surface area contributed by atoms with E-state index in [4.69, 9.17) is 11.6 Å². The molecule has 0 unspecified atom stereocenters. The number of nitrogens with zero attached hydrogens (tertiary/aromatic N) is 1. The first-order chi connectivity index (χ1) is 7.68. The summed E-state index contributed by atoms with van der Waals surface area (Å²) >= 11 is 6.96. The summed E-state index contributed by atoms with van der Waals surface area (Å²) < 4.78 is 1.37. The summed E-state index contributed by atoms with van der Waals surface area (Å²) in [5.74, 6) is -0.161. The number of halogens is 1. The number of carbonyl (C=O) groups excluding carboxylic acids is 1. The lowest BCUT2D eigenvalue weighted by atomic mass is 10.1. The van der Waals surface area contributed by atoms with Crippen molar-refractivity contribution in [2.24, 2.45) is 0 Å². The van der Waals surface area contributed by atoms with Gasteiger partial charge in [-0.05, 0) is 12.1 Å². The van der Waals surface area contributed by atoms with Crippen molar-refractivity contribution in [3.63, 3.8) is 0 Å². The van der Waals surface area contributed by atoms with Gasteiger partial charge in [0, 0.05) is 17.1 Å². The summed E-state index contributed by atoms with van der Waals surface area (Å²) in [6, 6.07) is 6.82. The van der Waals surface area contributed by atoms with E-state index < -0.39 is 0 Å². The maximum absolute atomic E-state index is 11.8. The molecule has 0 aliphatic carbocycles. The van der Waals surface area contributed by atoms with Crippen LogP contribution in [-0.2, 0) is 6.54 Å². The predicted molar refractivity (Wildman–Crippen MR) is 64.4 cm³/mol. The molecule has 0 aliphatic rings. The van der Waals surface area contributed by atoms with Crippen molar-refractivity contribution in [2.75, 3.05) is 0 Å². The summed E-state index contributed by atoms with van der Waals surface area (Å²) in [5, 5.41) is 2.07. The number of ketones is 1. The van der Waals surface area contributed by atoms with Gasteiger partial charge in [-0.3, -0.25) is 14.2 Å². The van der Waals surface area contributed by atoms with Gasteiger partial charge in [0.05, 0.1) is 11.6 Å². The smallest absolute Gasteiger partial charge is 0.298 e. The highest BCUT2D eigenvalue weighted by Gasteiger charge is 2.11. The highest BCUT2D eigenvalue weighted by atomic mass is 35.5. The zero-order valence-corrected chi connectivity index (χ0v) is 9.79. The number of rotatable bonds is 3. The molecule has 5 heteroatoms. The topological polar surface area (TPSA) is 39.1 Å². The molecule has 1 aromatic carbocycles. The van der Waals surface area contributed by atoms with Crippen LogP contribution in [0.15, 0.2) is 40.6 Å². The second-order valence-electron chi connectivity index (χ2n) is 3.20. The first kappa shape index (κ1) is 11.1. The van der Waals surface area contributed by atoms with Crippen molar-refractivity contribution in [3.8, 4) is 0 Å². The minimum atomic E-state index is -0.161. The maximum Gasteiger partial charge on any atom is 0.307 e. The van der Waals surface area contributed by atoms with E-state index >= 15 is 0 Å². The third-order valence-corrected chi connectivity index (χ3v) is 3.16. The van der Waals surface area contributed by atoms with Gasteiger partial charge in [-0.2, -0.15) is 0 Å². The van der Waals surface area contributed by atoms with E-state index in [2.05, 4.69) is 0 Å². The van der Waals surface area contributed by atoms with Crippen molar-refractivity contribution < 1.29 is 4.79 Å². The zero-order chi connectivity index (χ0) is 11.5. The monoisotopic (exact) mass is 253 g/mol. The van der Waals surface area contributed by atoms with Gasteiger partial charge in [0.25, 0.3) is 0 Å². The molecule has 0 saturated carbocycles. The van der Waals surface area contributed by atoms with Crippen LogP contribution in [-0.4, -0.2) is 10.4 Å². The standard InChI is InChI=1S/C11H8ClNO2S/c12-9-4-2-1-3-8(9)10(14)7-13-5-6-16-11(13)15/h1-6H,7H2. The molecular formula is C11H8ClNO2S. The summed E-state index contributed by atoms with van der Waals surface area (Å²) in [6.45, 7) is 0.0338. The number of hydrogen-bond donors (Lipinski definition) is 0. The Bertz CT molecular complexity index is 573. The normalized spacial score (nSPS) is 10.3. The van der Waals surface area contributed by atoms with Gasteiger partial charge in [0.1, 0.15) is 0 Å². The van der Waals surface area contributed by atoms with Crippen molar-refractivity contribution >= 4 is 28.7 Å². The molecule has 1 heterocycles. The molecule has 1 aromatic heterocycles. The van der Waals surface area contributed by atoms with Gasteiger partial charge in [0.15, 0.2) is 5.78 Å². The number of benzene rings is 1. The second-order valence-corrected chi connectivity index (χ2v) is 4.46. The fourth-order valence-electron chi connectivity index (χ4n) is 1.34. The fraction of sp³-hybridized carbons (Fsp3) is 0.0909. The molecular weight excluding hydrogens is 246 g/mol. The van der Waals surface area contributed by atoms with Gasteiger partial charge in [-0.1, -0.05) is 35.1 Å². The Balaban J connectivity index is 2.25. The molecule has 0 amide bonds. The number of thiazole rings is 1. The minimum Gasteiger partial charge on any atom is -0.298 e. The lowest BCUT2D eigenvalue weighted by Crippen LogP contribution is -2.18. The van der Waals surface area contributed by atoms with E-state index in [0.29, 0.717) is 10.6 Å². The Morgan fingerprint density at radius 2 is 2.12 bits per heavy atom. The van der Waals surface area contributed by atoms with Crippen molar-refractivity contribution in [1.82, 2.24) is 4.57 Å². The van der Waals surface area contributed by atoms with Crippen LogP contribution in [0.1, 0.15) is 10.4 Å². The van der Waals surface area contributed by atoms with Crippen molar-refractivity contribution in [2.45, 2.75) is 6.54 Å². The molecule has 2 rings (SSSR count). The molecule has 0 bridgehead atoms. The van der Waals surface area contributed by atoms with Crippen LogP contribution in [0.4, 0.5) is 0 Å². The van der Waals surface area contributed by atoms with E-state index in [1.165, 1.54) is 4.57 Å². The molecule has 16 heavy (non-hydrogen) atoms. The van der Waals surface area contributed by atoms with Crippen LogP contribution < -0.4 is 4.87 Å². The maximum atomic E-state index is 11.8. The minimum absolute atomic E-state index is 0.0338. The summed E-state index contributed by atoms with van der Waals surface area (Å²) in [6.07, 6.45) is 1.60. The van der Waals surface area contributed by atoms with Crippen LogP contribution >= 0.6 is 22.9 Å². The number of hydrogen-bond acceptors (Lipinski definition) is 3. The fourth-order valence-corrected chi connectivity index (χ4v) is 2.16. The Kier molecular flexibility index (Phi) is 3.22. The van der Waals surface area contributed by atoms with Crippen LogP contribution in [0.25, 0.3) is 0 Å². The average molecular weight is 254 g/mol. The van der Waals surface area contributed by atoms with Crippen LogP contribution in [0, 0.1) is 0 Å². The van der Waals surface area contributed by atoms with Crippen LogP contribution in [0.3, 0.4) is 0 Å². The first-order valence-electron chi connectivity index (χ1n) is 4.60. The van der Waals surface area contributed by atoms with E-state index in [1.807, 2.05) is 0 Å². The van der Waals surface area contributed by atoms with E-state index in [9.17, 15) is 9.59 Å². The highest BCUT2D eigenvalue weighted by Crippen LogP contribution is 2.15. The number of carbonyl (C=O) groups is 1. The molecule has 82 valence electrons. The molecule has 0 fully saturated rings. The Morgan fingerprint density at radius 1 is 1.38 bits per heavy atom. The number of Topliss-reactive ketones (excluding diaryl/α,β-unsaturated/α-hetero) is 1. The summed E-state index contributed by atoms with van der Waals surface area (Å²) in [7, 11) is 0. The molecule has 0 aliphatic heterocycles. The molecule has 0 spiro atoms. The molecule has 3 nitrogen and oxygen atoms in total. The second kappa shape index (κ2) is 4.63. The van der Waals surface area contributed by atoms with Gasteiger partial charge >= 0.3 is 4.87 Å². The Morgan fingerprint density at radius 3 is 2.75 bits per heavy atom. The zero-order valence-electron chi connectivity index (χ0n) is 8.22. The lowest BCUT2D eigenvalue weighted by Gasteiger charge is -2.03. The Hall–Kier alpha value is -1.39. The first-order valence-corrected chi connectivity index (χ1v) is 5.86. The quantitative estimate of drug-likeness (QED) is 0.788. The van der Waals surface area contributed by atoms with Gasteiger partial charge in [-0.15, -0.1) is 0 Å². The molecule has 0 atom stereocenters. The van der Waals surface area contributed by atoms with Crippen molar-refractivity contribution in [1.29, 1.82) is 0 Å². The van der Waals surface area contributed by atoms with E-state index in [-0.39, 0.29) is 17.2 Å². The van der Waals surface area contributed by atoms with Gasteiger partial charge < -0.3 is 0 Å². The van der Waals surface area contributed by atoms with Crippen LogP contribution in [0.2, 0.25) is 5.02 Å². The molecule has 0 saturated heterocycles. The van der Waals surface area contributed by atoms with Crippen LogP contribution in [0.5, 0.6) is 0 Å². The average Bonchev–Trinajstić information content (AvgIpc) is 2.65. The third kappa shape index (κ3) is 2.23. The van der Waals surface area contributed by atoms with E-state index in [1.54, 1.807) is 35.8 Å². The SMILES string of the molecule is O=C(Cn1ccsc1=O)c1ccccc1Cl. The van der Waals surface area contributed by atoms with Crippen molar-refractivity contribution in [3.05, 3.63) is 56.1 Å². The summed E-state index contributed by atoms with van der Waals surface area (Å²) in [5.41, 5.74) is 0.447. The largest absolute Gasteiger partial charge is 0.307 e. The third-order valence-electron chi connectivity index (χ3n) is 2.13. The lowest BCUT2D eigenvalue weighted by molar-refractivity contribution is 0.0971.